The number of Topliss-reactive ketones (excluding diaryl/α,β-unsaturated/α-hetero) is 1. The SMILES string of the molecule is C=CCNc1nnc(SCC(=O)c2ccc([C@@H](C)CC)cc2)s1. The van der Waals surface area contributed by atoms with E-state index in [1.165, 1.54) is 28.7 Å². The molecular formula is C17H21N3OS2. The van der Waals surface area contributed by atoms with Crippen LogP contribution in [0.25, 0.3) is 0 Å². The first-order valence-electron chi connectivity index (χ1n) is 7.58. The summed E-state index contributed by atoms with van der Waals surface area (Å²) in [5.41, 5.74) is 2.03. The number of carbonyl (C=O) groups is 1. The molecule has 6 heteroatoms. The van der Waals surface area contributed by atoms with Gasteiger partial charge >= 0.3 is 0 Å². The third-order valence-corrected chi connectivity index (χ3v) is 5.56. The van der Waals surface area contributed by atoms with Gasteiger partial charge in [-0.1, -0.05) is 67.3 Å². The molecule has 0 saturated heterocycles. The first-order chi connectivity index (χ1) is 11.1. The Balaban J connectivity index is 1.89. The number of rotatable bonds is 9. The molecule has 1 aromatic carbocycles. The minimum absolute atomic E-state index is 0.113. The molecule has 1 aromatic heterocycles. The molecule has 0 aliphatic carbocycles. The minimum atomic E-state index is 0.113. The predicted octanol–water partition coefficient (Wildman–Crippen LogP) is 4.62. The highest BCUT2D eigenvalue weighted by Gasteiger charge is 2.11. The molecule has 0 spiro atoms. The molecule has 1 atom stereocenters. The maximum Gasteiger partial charge on any atom is 0.206 e. The Morgan fingerprint density at radius 2 is 2.13 bits per heavy atom. The summed E-state index contributed by atoms with van der Waals surface area (Å²) >= 11 is 2.87. The molecule has 0 radical (unpaired) electrons. The molecular weight excluding hydrogens is 326 g/mol. The Morgan fingerprint density at radius 1 is 1.39 bits per heavy atom. The summed E-state index contributed by atoms with van der Waals surface area (Å²) in [6.07, 6.45) is 2.86. The summed E-state index contributed by atoms with van der Waals surface area (Å²) in [4.78, 5) is 12.3. The van der Waals surface area contributed by atoms with Gasteiger partial charge in [-0.05, 0) is 17.9 Å². The van der Waals surface area contributed by atoms with Crippen LogP contribution >= 0.6 is 23.1 Å². The number of anilines is 1. The van der Waals surface area contributed by atoms with Crippen LogP contribution in [-0.2, 0) is 0 Å². The van der Waals surface area contributed by atoms with Gasteiger partial charge in [-0.3, -0.25) is 4.79 Å². The van der Waals surface area contributed by atoms with E-state index in [9.17, 15) is 4.79 Å². The minimum Gasteiger partial charge on any atom is -0.357 e. The summed E-state index contributed by atoms with van der Waals surface area (Å²) in [5.74, 6) is 1.01. The van der Waals surface area contributed by atoms with E-state index in [0.717, 1.165) is 21.5 Å². The lowest BCUT2D eigenvalue weighted by molar-refractivity contribution is 0.102. The molecule has 122 valence electrons. The number of hydrogen-bond acceptors (Lipinski definition) is 6. The largest absolute Gasteiger partial charge is 0.357 e. The van der Waals surface area contributed by atoms with Crippen molar-refractivity contribution in [3.63, 3.8) is 0 Å². The molecule has 2 aromatic rings. The van der Waals surface area contributed by atoms with E-state index >= 15 is 0 Å². The molecule has 23 heavy (non-hydrogen) atoms. The van der Waals surface area contributed by atoms with E-state index in [1.54, 1.807) is 6.08 Å². The zero-order valence-corrected chi connectivity index (χ0v) is 15.0. The molecule has 0 bridgehead atoms. The maximum absolute atomic E-state index is 12.3. The van der Waals surface area contributed by atoms with E-state index < -0.39 is 0 Å². The number of benzene rings is 1. The van der Waals surface area contributed by atoms with Crippen molar-refractivity contribution in [3.05, 3.63) is 48.0 Å². The number of thioether (sulfide) groups is 1. The summed E-state index contributed by atoms with van der Waals surface area (Å²) in [5, 5.41) is 11.9. The zero-order chi connectivity index (χ0) is 16.7. The van der Waals surface area contributed by atoms with Gasteiger partial charge in [-0.2, -0.15) is 0 Å². The first kappa shape index (κ1) is 17.7. The van der Waals surface area contributed by atoms with Crippen LogP contribution in [0.5, 0.6) is 0 Å². The van der Waals surface area contributed by atoms with Crippen LogP contribution in [0.1, 0.15) is 42.1 Å². The molecule has 0 saturated carbocycles. The van der Waals surface area contributed by atoms with Gasteiger partial charge in [-0.15, -0.1) is 16.8 Å². The Bertz CT molecular complexity index is 652. The van der Waals surface area contributed by atoms with Gasteiger partial charge in [-0.25, -0.2) is 0 Å². The van der Waals surface area contributed by atoms with Crippen LogP contribution in [0, 0.1) is 0 Å². The number of nitrogens with one attached hydrogen (secondary N) is 1. The van der Waals surface area contributed by atoms with Crippen molar-refractivity contribution in [2.24, 2.45) is 0 Å². The third-order valence-electron chi connectivity index (χ3n) is 3.54. The average molecular weight is 348 g/mol. The summed E-state index contributed by atoms with van der Waals surface area (Å²) < 4.78 is 0.793. The van der Waals surface area contributed by atoms with Crippen molar-refractivity contribution >= 4 is 34.0 Å². The quantitative estimate of drug-likeness (QED) is 0.407. The molecule has 0 aliphatic heterocycles. The number of ketones is 1. The van der Waals surface area contributed by atoms with Crippen LogP contribution in [-0.4, -0.2) is 28.3 Å². The second-order valence-electron chi connectivity index (χ2n) is 5.19. The van der Waals surface area contributed by atoms with Crippen molar-refractivity contribution in [2.75, 3.05) is 17.6 Å². The van der Waals surface area contributed by atoms with Crippen LogP contribution < -0.4 is 5.32 Å². The standard InChI is InChI=1S/C17H21N3OS2/c1-4-10-18-16-19-20-17(23-16)22-11-15(21)14-8-6-13(7-9-14)12(3)5-2/h4,6-9,12H,1,5,10-11H2,2-3H3,(H,18,19)/t12-/m0/s1. The molecule has 1 heterocycles. The number of hydrogen-bond donors (Lipinski definition) is 1. The van der Waals surface area contributed by atoms with Crippen LogP contribution in [0.3, 0.4) is 0 Å². The number of aromatic nitrogens is 2. The fraction of sp³-hybridized carbons (Fsp3) is 0.353. The van der Waals surface area contributed by atoms with Gasteiger partial charge in [0, 0.05) is 12.1 Å². The summed E-state index contributed by atoms with van der Waals surface area (Å²) in [6.45, 7) is 8.66. The van der Waals surface area contributed by atoms with Crippen molar-refractivity contribution < 1.29 is 4.79 Å². The topological polar surface area (TPSA) is 54.9 Å². The monoisotopic (exact) mass is 347 g/mol. The first-order valence-corrected chi connectivity index (χ1v) is 9.38. The number of nitrogens with zero attached hydrogens (tertiary/aromatic N) is 2. The van der Waals surface area contributed by atoms with E-state index in [0.29, 0.717) is 18.2 Å². The van der Waals surface area contributed by atoms with Gasteiger partial charge in [0.1, 0.15) is 0 Å². The molecule has 0 amide bonds. The van der Waals surface area contributed by atoms with E-state index in [-0.39, 0.29) is 5.78 Å². The lowest BCUT2D eigenvalue weighted by Gasteiger charge is -2.09. The van der Waals surface area contributed by atoms with Crippen LogP contribution in [0.2, 0.25) is 0 Å². The van der Waals surface area contributed by atoms with E-state index in [4.69, 9.17) is 0 Å². The fourth-order valence-electron chi connectivity index (χ4n) is 1.94. The lowest BCUT2D eigenvalue weighted by Crippen LogP contribution is -2.02. The molecule has 0 fully saturated rings. The highest BCUT2D eigenvalue weighted by molar-refractivity contribution is 8.01. The molecule has 2 rings (SSSR count). The Kier molecular flexibility index (Phi) is 6.80. The third kappa shape index (κ3) is 5.18. The highest BCUT2D eigenvalue weighted by atomic mass is 32.2. The summed E-state index contributed by atoms with van der Waals surface area (Å²) in [6, 6.07) is 7.94. The van der Waals surface area contributed by atoms with Crippen molar-refractivity contribution in [2.45, 2.75) is 30.5 Å². The molecule has 0 unspecified atom stereocenters. The van der Waals surface area contributed by atoms with Gasteiger partial charge in [0.2, 0.25) is 5.13 Å². The molecule has 4 nitrogen and oxygen atoms in total. The zero-order valence-electron chi connectivity index (χ0n) is 13.4. The van der Waals surface area contributed by atoms with Crippen molar-refractivity contribution in [1.82, 2.24) is 10.2 Å². The Labute approximate surface area is 145 Å². The summed E-state index contributed by atoms with van der Waals surface area (Å²) in [7, 11) is 0. The lowest BCUT2D eigenvalue weighted by atomic mass is 9.97. The van der Waals surface area contributed by atoms with E-state index in [2.05, 4.69) is 35.9 Å². The van der Waals surface area contributed by atoms with Crippen LogP contribution in [0.15, 0.2) is 41.3 Å². The average Bonchev–Trinajstić information content (AvgIpc) is 3.05. The predicted molar refractivity (Wildman–Crippen MR) is 98.8 cm³/mol. The Hall–Kier alpha value is -1.66. The maximum atomic E-state index is 12.3. The van der Waals surface area contributed by atoms with Gasteiger partial charge in [0.15, 0.2) is 10.1 Å². The van der Waals surface area contributed by atoms with Crippen molar-refractivity contribution in [3.8, 4) is 0 Å². The molecule has 1 N–H and O–H groups in total. The molecule has 0 aliphatic rings. The normalized spacial score (nSPS) is 11.9. The smallest absolute Gasteiger partial charge is 0.206 e. The number of carbonyl (C=O) groups excluding carboxylic acids is 1. The second-order valence-corrected chi connectivity index (χ2v) is 7.39. The van der Waals surface area contributed by atoms with Crippen molar-refractivity contribution in [1.29, 1.82) is 0 Å². The highest BCUT2D eigenvalue weighted by Crippen LogP contribution is 2.26. The fourth-order valence-corrected chi connectivity index (χ4v) is 3.60. The van der Waals surface area contributed by atoms with Gasteiger partial charge in [0.05, 0.1) is 5.75 Å². The van der Waals surface area contributed by atoms with Gasteiger partial charge in [0.25, 0.3) is 0 Å². The van der Waals surface area contributed by atoms with Crippen LogP contribution in [0.4, 0.5) is 5.13 Å². The Morgan fingerprint density at radius 3 is 2.78 bits per heavy atom. The second kappa shape index (κ2) is 8.84. The van der Waals surface area contributed by atoms with Gasteiger partial charge < -0.3 is 5.32 Å². The van der Waals surface area contributed by atoms with E-state index in [1.807, 2.05) is 24.3 Å².